The third-order valence-corrected chi connectivity index (χ3v) is 3.15. The maximum Gasteiger partial charge on any atom is 0.225 e. The fourth-order valence-corrected chi connectivity index (χ4v) is 1.78. The SMILES string of the molecule is CN=C(NCCNC(=O)C(C)(C)C)NC(C)c1ccc(C)o1. The summed E-state index contributed by atoms with van der Waals surface area (Å²) in [6.45, 7) is 10.7. The van der Waals surface area contributed by atoms with Crippen molar-refractivity contribution in [1.82, 2.24) is 16.0 Å². The van der Waals surface area contributed by atoms with Crippen molar-refractivity contribution in [2.75, 3.05) is 20.1 Å². The summed E-state index contributed by atoms with van der Waals surface area (Å²) in [5, 5.41) is 9.30. The molecule has 1 heterocycles. The Morgan fingerprint density at radius 1 is 1.27 bits per heavy atom. The number of hydrogen-bond donors (Lipinski definition) is 3. The van der Waals surface area contributed by atoms with Gasteiger partial charge in [0.2, 0.25) is 5.91 Å². The van der Waals surface area contributed by atoms with E-state index in [0.717, 1.165) is 11.5 Å². The Morgan fingerprint density at radius 3 is 2.41 bits per heavy atom. The van der Waals surface area contributed by atoms with E-state index < -0.39 is 0 Å². The molecule has 0 aliphatic heterocycles. The van der Waals surface area contributed by atoms with Crippen LogP contribution in [0.25, 0.3) is 0 Å². The van der Waals surface area contributed by atoms with Crippen LogP contribution >= 0.6 is 0 Å². The fourth-order valence-electron chi connectivity index (χ4n) is 1.78. The zero-order valence-corrected chi connectivity index (χ0v) is 14.4. The summed E-state index contributed by atoms with van der Waals surface area (Å²) < 4.78 is 5.58. The normalized spacial score (nSPS) is 13.6. The lowest BCUT2D eigenvalue weighted by atomic mass is 9.96. The average Bonchev–Trinajstić information content (AvgIpc) is 2.87. The minimum atomic E-state index is -0.369. The van der Waals surface area contributed by atoms with E-state index in [0.29, 0.717) is 19.0 Å². The number of carbonyl (C=O) groups excluding carboxylic acids is 1. The van der Waals surface area contributed by atoms with E-state index in [2.05, 4.69) is 20.9 Å². The number of aliphatic imine (C=N–C) groups is 1. The Labute approximate surface area is 132 Å². The molecule has 0 saturated carbocycles. The molecule has 124 valence electrons. The van der Waals surface area contributed by atoms with Crippen molar-refractivity contribution in [3.63, 3.8) is 0 Å². The Morgan fingerprint density at radius 2 is 1.91 bits per heavy atom. The summed E-state index contributed by atoms with van der Waals surface area (Å²) >= 11 is 0. The highest BCUT2D eigenvalue weighted by atomic mass is 16.3. The molecular weight excluding hydrogens is 280 g/mol. The number of amides is 1. The Hall–Kier alpha value is -1.98. The number of carbonyl (C=O) groups is 1. The van der Waals surface area contributed by atoms with Crippen LogP contribution in [0.3, 0.4) is 0 Å². The van der Waals surface area contributed by atoms with Crippen LogP contribution in [0.1, 0.15) is 45.3 Å². The predicted molar refractivity (Wildman–Crippen MR) is 88.8 cm³/mol. The average molecular weight is 308 g/mol. The lowest BCUT2D eigenvalue weighted by molar-refractivity contribution is -0.128. The van der Waals surface area contributed by atoms with Gasteiger partial charge in [0.25, 0.3) is 0 Å². The summed E-state index contributed by atoms with van der Waals surface area (Å²) in [4.78, 5) is 15.9. The first-order valence-corrected chi connectivity index (χ1v) is 7.56. The van der Waals surface area contributed by atoms with E-state index >= 15 is 0 Å². The molecule has 0 radical (unpaired) electrons. The van der Waals surface area contributed by atoms with Crippen LogP contribution in [-0.4, -0.2) is 32.0 Å². The Balaban J connectivity index is 2.36. The molecule has 6 nitrogen and oxygen atoms in total. The summed E-state index contributed by atoms with van der Waals surface area (Å²) in [5.41, 5.74) is -0.369. The standard InChI is InChI=1S/C16H28N4O2/c1-11-7-8-13(22-11)12(2)20-15(17-6)19-10-9-18-14(21)16(3,4)5/h7-8,12H,9-10H2,1-6H3,(H,18,21)(H2,17,19,20). The molecule has 0 spiro atoms. The third-order valence-electron chi connectivity index (χ3n) is 3.15. The predicted octanol–water partition coefficient (Wildman–Crippen LogP) is 1.98. The van der Waals surface area contributed by atoms with Crippen LogP contribution in [0.4, 0.5) is 0 Å². The van der Waals surface area contributed by atoms with Gasteiger partial charge in [-0.05, 0) is 26.0 Å². The molecule has 1 unspecified atom stereocenters. The monoisotopic (exact) mass is 308 g/mol. The number of aryl methyl sites for hydroxylation is 1. The maximum absolute atomic E-state index is 11.7. The van der Waals surface area contributed by atoms with Crippen LogP contribution in [0.15, 0.2) is 21.5 Å². The minimum absolute atomic E-state index is 0.0177. The van der Waals surface area contributed by atoms with Crippen LogP contribution < -0.4 is 16.0 Å². The lowest BCUT2D eigenvalue weighted by Crippen LogP contribution is -2.44. The number of guanidine groups is 1. The van der Waals surface area contributed by atoms with Gasteiger partial charge in [-0.3, -0.25) is 9.79 Å². The highest BCUT2D eigenvalue weighted by Crippen LogP contribution is 2.15. The van der Waals surface area contributed by atoms with Gasteiger partial charge < -0.3 is 20.4 Å². The number of furan rings is 1. The first-order valence-electron chi connectivity index (χ1n) is 7.56. The van der Waals surface area contributed by atoms with Crippen LogP contribution in [0, 0.1) is 12.3 Å². The van der Waals surface area contributed by atoms with Crippen molar-refractivity contribution in [2.24, 2.45) is 10.4 Å². The molecule has 0 fully saturated rings. The Kier molecular flexibility index (Phi) is 6.46. The largest absolute Gasteiger partial charge is 0.464 e. The van der Waals surface area contributed by atoms with Gasteiger partial charge in [-0.1, -0.05) is 20.8 Å². The number of rotatable bonds is 5. The second kappa shape index (κ2) is 7.87. The topological polar surface area (TPSA) is 78.7 Å². The fraction of sp³-hybridized carbons (Fsp3) is 0.625. The van der Waals surface area contributed by atoms with Gasteiger partial charge in [-0.15, -0.1) is 0 Å². The zero-order chi connectivity index (χ0) is 16.8. The molecule has 1 amide bonds. The second-order valence-electron chi connectivity index (χ2n) is 6.32. The summed E-state index contributed by atoms with van der Waals surface area (Å²) in [6, 6.07) is 3.90. The summed E-state index contributed by atoms with van der Waals surface area (Å²) in [6.07, 6.45) is 0. The van der Waals surface area contributed by atoms with Gasteiger partial charge in [0.05, 0.1) is 6.04 Å². The molecule has 0 saturated heterocycles. The second-order valence-corrected chi connectivity index (χ2v) is 6.32. The van der Waals surface area contributed by atoms with Crippen molar-refractivity contribution in [3.05, 3.63) is 23.7 Å². The van der Waals surface area contributed by atoms with Gasteiger partial charge in [0.15, 0.2) is 5.96 Å². The van der Waals surface area contributed by atoms with Crippen LogP contribution in [-0.2, 0) is 4.79 Å². The molecule has 0 aliphatic rings. The van der Waals surface area contributed by atoms with Gasteiger partial charge in [0, 0.05) is 25.6 Å². The summed E-state index contributed by atoms with van der Waals surface area (Å²) in [5.74, 6) is 2.46. The van der Waals surface area contributed by atoms with Crippen molar-refractivity contribution in [3.8, 4) is 0 Å². The van der Waals surface area contributed by atoms with E-state index in [1.54, 1.807) is 7.05 Å². The van der Waals surface area contributed by atoms with E-state index in [4.69, 9.17) is 4.42 Å². The van der Waals surface area contributed by atoms with Gasteiger partial charge in [-0.2, -0.15) is 0 Å². The van der Waals surface area contributed by atoms with Gasteiger partial charge in [-0.25, -0.2) is 0 Å². The van der Waals surface area contributed by atoms with Crippen LogP contribution in [0.2, 0.25) is 0 Å². The van der Waals surface area contributed by atoms with E-state index in [-0.39, 0.29) is 17.4 Å². The molecule has 1 atom stereocenters. The molecule has 0 aromatic carbocycles. The van der Waals surface area contributed by atoms with Crippen molar-refractivity contribution in [2.45, 2.75) is 40.7 Å². The first-order chi connectivity index (χ1) is 10.2. The minimum Gasteiger partial charge on any atom is -0.464 e. The smallest absolute Gasteiger partial charge is 0.225 e. The number of nitrogens with one attached hydrogen (secondary N) is 3. The van der Waals surface area contributed by atoms with E-state index in [1.165, 1.54) is 0 Å². The molecule has 22 heavy (non-hydrogen) atoms. The quantitative estimate of drug-likeness (QED) is 0.441. The maximum atomic E-state index is 11.7. The number of hydrogen-bond acceptors (Lipinski definition) is 3. The van der Waals surface area contributed by atoms with Crippen molar-refractivity contribution >= 4 is 11.9 Å². The molecular formula is C16H28N4O2. The lowest BCUT2D eigenvalue weighted by Gasteiger charge is -2.19. The molecule has 1 aromatic heterocycles. The van der Waals surface area contributed by atoms with Crippen LogP contribution in [0.5, 0.6) is 0 Å². The highest BCUT2D eigenvalue weighted by molar-refractivity contribution is 5.82. The van der Waals surface area contributed by atoms with E-state index in [1.807, 2.05) is 46.8 Å². The van der Waals surface area contributed by atoms with E-state index in [9.17, 15) is 4.79 Å². The number of nitrogens with zero attached hydrogens (tertiary/aromatic N) is 1. The van der Waals surface area contributed by atoms with Gasteiger partial charge in [0.1, 0.15) is 11.5 Å². The third kappa shape index (κ3) is 5.79. The zero-order valence-electron chi connectivity index (χ0n) is 14.4. The van der Waals surface area contributed by atoms with Crippen molar-refractivity contribution in [1.29, 1.82) is 0 Å². The van der Waals surface area contributed by atoms with Crippen molar-refractivity contribution < 1.29 is 9.21 Å². The van der Waals surface area contributed by atoms with Gasteiger partial charge >= 0.3 is 0 Å². The molecule has 0 bridgehead atoms. The molecule has 0 aliphatic carbocycles. The molecule has 1 aromatic rings. The first kappa shape index (κ1) is 18.1. The summed E-state index contributed by atoms with van der Waals surface area (Å²) in [7, 11) is 1.71. The molecule has 3 N–H and O–H groups in total. The molecule has 1 rings (SSSR count). The molecule has 6 heteroatoms. The Bertz CT molecular complexity index is 514. The highest BCUT2D eigenvalue weighted by Gasteiger charge is 2.20.